The number of aliphatic hydroxyl groups is 1. The fourth-order valence-corrected chi connectivity index (χ4v) is 4.44. The fraction of sp³-hybridized carbons (Fsp3) is 0.652. The Hall–Kier alpha value is -2.12. The highest BCUT2D eigenvalue weighted by Crippen LogP contribution is 2.23. The van der Waals surface area contributed by atoms with Gasteiger partial charge in [0.05, 0.1) is 5.60 Å². The summed E-state index contributed by atoms with van der Waals surface area (Å²) in [7, 11) is 0. The van der Waals surface area contributed by atoms with Gasteiger partial charge in [0.2, 0.25) is 5.91 Å². The van der Waals surface area contributed by atoms with E-state index in [1.165, 1.54) is 0 Å². The second kappa shape index (κ2) is 9.35. The molecule has 0 aromatic heterocycles. The molecule has 0 unspecified atom stereocenters. The van der Waals surface area contributed by atoms with Crippen LogP contribution in [-0.4, -0.2) is 82.7 Å². The van der Waals surface area contributed by atoms with Crippen LogP contribution in [0.1, 0.15) is 39.2 Å². The van der Waals surface area contributed by atoms with Crippen molar-refractivity contribution in [3.05, 3.63) is 29.8 Å². The van der Waals surface area contributed by atoms with E-state index in [0.717, 1.165) is 17.8 Å². The van der Waals surface area contributed by atoms with Crippen molar-refractivity contribution in [1.82, 2.24) is 14.7 Å². The van der Waals surface area contributed by atoms with E-state index in [2.05, 4.69) is 17.1 Å². The Bertz CT molecular complexity index is 753. The van der Waals surface area contributed by atoms with Crippen molar-refractivity contribution in [3.63, 3.8) is 0 Å². The Kier molecular flexibility index (Phi) is 7.03. The van der Waals surface area contributed by atoms with Crippen molar-refractivity contribution in [2.75, 3.05) is 44.6 Å². The Balaban J connectivity index is 1.47. The second-order valence-electron chi connectivity index (χ2n) is 9.48. The molecule has 3 amide bonds. The summed E-state index contributed by atoms with van der Waals surface area (Å²) >= 11 is 0. The highest BCUT2D eigenvalue weighted by atomic mass is 16.3. The average molecular weight is 417 g/mol. The topological polar surface area (TPSA) is 76.1 Å². The molecular weight excluding hydrogens is 380 g/mol. The molecule has 2 aliphatic heterocycles. The number of urea groups is 1. The molecule has 0 bridgehead atoms. The van der Waals surface area contributed by atoms with E-state index in [-0.39, 0.29) is 23.9 Å². The molecule has 2 fully saturated rings. The smallest absolute Gasteiger partial charge is 0.321 e. The van der Waals surface area contributed by atoms with Gasteiger partial charge in [-0.15, -0.1) is 0 Å². The summed E-state index contributed by atoms with van der Waals surface area (Å²) in [6.45, 7) is 11.8. The van der Waals surface area contributed by atoms with Gasteiger partial charge in [0.25, 0.3) is 0 Å². The van der Waals surface area contributed by atoms with Gasteiger partial charge >= 0.3 is 6.03 Å². The van der Waals surface area contributed by atoms with Crippen LogP contribution >= 0.6 is 0 Å². The molecule has 1 atom stereocenters. The van der Waals surface area contributed by atoms with Crippen LogP contribution < -0.4 is 5.32 Å². The summed E-state index contributed by atoms with van der Waals surface area (Å²) in [6.07, 6.45) is 1.41. The summed E-state index contributed by atoms with van der Waals surface area (Å²) in [5.74, 6) is 0.199. The number of hydrogen-bond acceptors (Lipinski definition) is 4. The van der Waals surface area contributed by atoms with E-state index < -0.39 is 5.60 Å². The molecule has 1 aromatic rings. The maximum Gasteiger partial charge on any atom is 0.321 e. The van der Waals surface area contributed by atoms with Crippen molar-refractivity contribution < 1.29 is 14.7 Å². The molecule has 0 saturated carbocycles. The number of amides is 3. The Morgan fingerprint density at radius 3 is 2.43 bits per heavy atom. The number of β-amino-alcohol motifs (C(OH)–C–C–N with tert-alkyl or cyclic N) is 1. The maximum atomic E-state index is 13.0. The zero-order chi connectivity index (χ0) is 21.9. The minimum absolute atomic E-state index is 0.0129. The first-order chi connectivity index (χ1) is 14.1. The number of carbonyl (C=O) groups is 2. The molecule has 2 heterocycles. The quantitative estimate of drug-likeness (QED) is 0.791. The van der Waals surface area contributed by atoms with Crippen molar-refractivity contribution in [2.45, 2.75) is 52.2 Å². The zero-order valence-electron chi connectivity index (χ0n) is 18.7. The molecule has 30 heavy (non-hydrogen) atoms. The van der Waals surface area contributed by atoms with Crippen molar-refractivity contribution >= 4 is 17.6 Å². The molecule has 0 spiro atoms. The van der Waals surface area contributed by atoms with E-state index in [1.807, 2.05) is 49.9 Å². The molecule has 2 aliphatic rings. The molecule has 1 aromatic carbocycles. The average Bonchev–Trinajstić information content (AvgIpc) is 2.68. The number of piperidine rings is 1. The van der Waals surface area contributed by atoms with Gasteiger partial charge in [0, 0.05) is 56.9 Å². The number of benzene rings is 1. The number of aryl methyl sites for hydroxylation is 1. The lowest BCUT2D eigenvalue weighted by molar-refractivity contribution is -0.140. The first-order valence-corrected chi connectivity index (χ1v) is 11.0. The Morgan fingerprint density at radius 1 is 1.13 bits per heavy atom. The third-order valence-electron chi connectivity index (χ3n) is 6.07. The normalized spacial score (nSPS) is 21.6. The number of carbonyl (C=O) groups excluding carboxylic acids is 2. The predicted octanol–water partition coefficient (Wildman–Crippen LogP) is 2.54. The summed E-state index contributed by atoms with van der Waals surface area (Å²) in [5.41, 5.74) is 1.18. The monoisotopic (exact) mass is 416 g/mol. The summed E-state index contributed by atoms with van der Waals surface area (Å²) in [5, 5.41) is 13.0. The number of nitrogens with zero attached hydrogens (tertiary/aromatic N) is 3. The van der Waals surface area contributed by atoms with Gasteiger partial charge in [-0.3, -0.25) is 9.69 Å². The fourth-order valence-electron chi connectivity index (χ4n) is 4.44. The SMILES string of the molecule is Cc1cccc(NC(=O)N2CCC(C(=O)N3CCN(CC(C)(C)O)[C@H](C)C3)CC2)c1. The first kappa shape index (κ1) is 22.6. The Morgan fingerprint density at radius 2 is 1.83 bits per heavy atom. The van der Waals surface area contributed by atoms with Gasteiger partial charge < -0.3 is 20.2 Å². The van der Waals surface area contributed by atoms with Crippen molar-refractivity contribution in [1.29, 1.82) is 0 Å². The molecule has 166 valence electrons. The third-order valence-corrected chi connectivity index (χ3v) is 6.07. The van der Waals surface area contributed by atoms with E-state index in [4.69, 9.17) is 0 Å². The lowest BCUT2D eigenvalue weighted by atomic mass is 9.94. The zero-order valence-corrected chi connectivity index (χ0v) is 18.7. The van der Waals surface area contributed by atoms with Gasteiger partial charge in [-0.25, -0.2) is 4.79 Å². The first-order valence-electron chi connectivity index (χ1n) is 11.0. The van der Waals surface area contributed by atoms with Crippen LogP contribution in [0.2, 0.25) is 0 Å². The van der Waals surface area contributed by atoms with Crippen molar-refractivity contribution in [2.24, 2.45) is 5.92 Å². The molecule has 7 heteroatoms. The number of piperazine rings is 1. The van der Waals surface area contributed by atoms with E-state index in [0.29, 0.717) is 45.6 Å². The van der Waals surface area contributed by atoms with E-state index in [9.17, 15) is 14.7 Å². The third kappa shape index (κ3) is 5.95. The number of likely N-dealkylation sites (tertiary alicyclic amines) is 1. The van der Waals surface area contributed by atoms with Crippen LogP contribution in [0.3, 0.4) is 0 Å². The summed E-state index contributed by atoms with van der Waals surface area (Å²) in [6, 6.07) is 7.90. The van der Waals surface area contributed by atoms with Gasteiger partial charge in [-0.2, -0.15) is 0 Å². The van der Waals surface area contributed by atoms with Gasteiger partial charge in [-0.05, 0) is 58.2 Å². The maximum absolute atomic E-state index is 13.0. The number of rotatable bonds is 4. The summed E-state index contributed by atoms with van der Waals surface area (Å²) < 4.78 is 0. The lowest BCUT2D eigenvalue weighted by Crippen LogP contribution is -2.57. The minimum atomic E-state index is -0.730. The second-order valence-corrected chi connectivity index (χ2v) is 9.48. The Labute approximate surface area is 180 Å². The van der Waals surface area contributed by atoms with Crippen molar-refractivity contribution in [3.8, 4) is 0 Å². The van der Waals surface area contributed by atoms with E-state index in [1.54, 1.807) is 4.90 Å². The van der Waals surface area contributed by atoms with Crippen LogP contribution in [0, 0.1) is 12.8 Å². The lowest BCUT2D eigenvalue weighted by Gasteiger charge is -2.43. The van der Waals surface area contributed by atoms with Crippen LogP contribution in [0.5, 0.6) is 0 Å². The highest BCUT2D eigenvalue weighted by molar-refractivity contribution is 5.89. The van der Waals surface area contributed by atoms with Crippen LogP contribution in [0.25, 0.3) is 0 Å². The molecule has 0 aliphatic carbocycles. The van der Waals surface area contributed by atoms with Crippen LogP contribution in [-0.2, 0) is 4.79 Å². The highest BCUT2D eigenvalue weighted by Gasteiger charge is 2.34. The molecule has 0 radical (unpaired) electrons. The predicted molar refractivity (Wildman–Crippen MR) is 118 cm³/mol. The molecule has 2 saturated heterocycles. The number of hydrogen-bond donors (Lipinski definition) is 2. The standard InChI is InChI=1S/C23H36N4O3/c1-17-6-5-7-20(14-17)24-22(29)25-10-8-19(9-11-25)21(28)26-12-13-27(18(2)15-26)16-23(3,4)30/h5-7,14,18-19,30H,8-13,15-16H2,1-4H3,(H,24,29)/t18-/m1/s1. The van der Waals surface area contributed by atoms with Gasteiger partial charge in [0.15, 0.2) is 0 Å². The summed E-state index contributed by atoms with van der Waals surface area (Å²) in [4.78, 5) is 31.6. The molecule has 2 N–H and O–H groups in total. The largest absolute Gasteiger partial charge is 0.389 e. The van der Waals surface area contributed by atoms with Gasteiger partial charge in [-0.1, -0.05) is 12.1 Å². The molecule has 7 nitrogen and oxygen atoms in total. The van der Waals surface area contributed by atoms with E-state index >= 15 is 0 Å². The number of anilines is 1. The number of nitrogens with one attached hydrogen (secondary N) is 1. The van der Waals surface area contributed by atoms with Crippen LogP contribution in [0.4, 0.5) is 10.5 Å². The molecular formula is C23H36N4O3. The molecule has 3 rings (SSSR count). The van der Waals surface area contributed by atoms with Gasteiger partial charge in [0.1, 0.15) is 0 Å². The minimum Gasteiger partial charge on any atom is -0.389 e. The van der Waals surface area contributed by atoms with Crippen LogP contribution in [0.15, 0.2) is 24.3 Å².